The Morgan fingerprint density at radius 1 is 1.12 bits per heavy atom. The minimum Gasteiger partial charge on any atom is -0.268 e. The molecular weight excluding hydrogens is 357 g/mol. The normalized spacial score (nSPS) is 13.5. The Labute approximate surface area is 152 Å². The minimum absolute atomic E-state index is 0.120. The summed E-state index contributed by atoms with van der Waals surface area (Å²) in [5.74, 6) is -0.413. The van der Waals surface area contributed by atoms with Crippen LogP contribution in [0.4, 0.5) is 4.39 Å². The highest BCUT2D eigenvalue weighted by atomic mass is 35.5. The SMILES string of the molecule is Fc1ccc(-c2nn3c(c2-c2ccc4sncc4c2)CCC3)cc1Cl. The number of nitrogens with zero attached hydrogens (tertiary/aromatic N) is 3. The van der Waals surface area contributed by atoms with E-state index in [9.17, 15) is 4.39 Å². The van der Waals surface area contributed by atoms with Crippen LogP contribution < -0.4 is 0 Å². The Morgan fingerprint density at radius 3 is 2.88 bits per heavy atom. The molecule has 0 radical (unpaired) electrons. The number of benzene rings is 2. The fourth-order valence-corrected chi connectivity index (χ4v) is 4.32. The third-order valence-electron chi connectivity index (χ3n) is 4.68. The van der Waals surface area contributed by atoms with E-state index in [1.807, 2.05) is 6.20 Å². The van der Waals surface area contributed by atoms with Crippen LogP contribution >= 0.6 is 23.1 Å². The molecule has 0 saturated heterocycles. The van der Waals surface area contributed by atoms with Crippen molar-refractivity contribution in [2.75, 3.05) is 0 Å². The molecule has 0 unspecified atom stereocenters. The van der Waals surface area contributed by atoms with Crippen molar-refractivity contribution < 1.29 is 4.39 Å². The van der Waals surface area contributed by atoms with Gasteiger partial charge in [0.2, 0.25) is 0 Å². The van der Waals surface area contributed by atoms with Gasteiger partial charge in [0.1, 0.15) is 11.5 Å². The quantitative estimate of drug-likeness (QED) is 0.462. The summed E-state index contributed by atoms with van der Waals surface area (Å²) in [6, 6.07) is 11.2. The molecule has 0 bridgehead atoms. The van der Waals surface area contributed by atoms with Crippen LogP contribution in [0.2, 0.25) is 5.02 Å². The fraction of sp³-hybridized carbons (Fsp3) is 0.158. The Balaban J connectivity index is 1.76. The first-order chi connectivity index (χ1) is 12.2. The van der Waals surface area contributed by atoms with E-state index < -0.39 is 5.82 Å². The first-order valence-corrected chi connectivity index (χ1v) is 9.26. The lowest BCUT2D eigenvalue weighted by Crippen LogP contribution is -1.94. The summed E-state index contributed by atoms with van der Waals surface area (Å²) in [6.45, 7) is 0.916. The van der Waals surface area contributed by atoms with E-state index in [4.69, 9.17) is 16.7 Å². The summed E-state index contributed by atoms with van der Waals surface area (Å²) < 4.78 is 21.1. The summed E-state index contributed by atoms with van der Waals surface area (Å²) >= 11 is 7.50. The second-order valence-corrected chi connectivity index (χ2v) is 7.44. The predicted octanol–water partition coefficient (Wildman–Crippen LogP) is 5.57. The summed E-state index contributed by atoms with van der Waals surface area (Å²) in [7, 11) is 0. The van der Waals surface area contributed by atoms with Crippen LogP contribution in [-0.4, -0.2) is 14.2 Å². The van der Waals surface area contributed by atoms with E-state index in [1.54, 1.807) is 12.1 Å². The van der Waals surface area contributed by atoms with Gasteiger partial charge < -0.3 is 0 Å². The highest BCUT2D eigenvalue weighted by Gasteiger charge is 2.24. The second kappa shape index (κ2) is 5.64. The molecule has 1 aliphatic heterocycles. The molecule has 2 aromatic heterocycles. The highest BCUT2D eigenvalue weighted by Crippen LogP contribution is 2.39. The van der Waals surface area contributed by atoms with Crippen molar-refractivity contribution in [1.29, 1.82) is 0 Å². The minimum atomic E-state index is -0.413. The van der Waals surface area contributed by atoms with Crippen LogP contribution in [-0.2, 0) is 13.0 Å². The molecule has 0 aliphatic carbocycles. The van der Waals surface area contributed by atoms with E-state index in [1.165, 1.54) is 28.0 Å². The van der Waals surface area contributed by atoms with Crippen LogP contribution in [0.3, 0.4) is 0 Å². The van der Waals surface area contributed by atoms with Crippen LogP contribution in [0.5, 0.6) is 0 Å². The van der Waals surface area contributed by atoms with Crippen LogP contribution in [0.1, 0.15) is 12.1 Å². The number of aromatic nitrogens is 3. The van der Waals surface area contributed by atoms with Gasteiger partial charge >= 0.3 is 0 Å². The largest absolute Gasteiger partial charge is 0.268 e. The number of hydrogen-bond donors (Lipinski definition) is 0. The van der Waals surface area contributed by atoms with E-state index in [0.717, 1.165) is 47.2 Å². The van der Waals surface area contributed by atoms with Gasteiger partial charge in [-0.1, -0.05) is 17.7 Å². The van der Waals surface area contributed by atoms with Crippen molar-refractivity contribution in [2.45, 2.75) is 19.4 Å². The molecule has 0 amide bonds. The Bertz CT molecular complexity index is 1120. The monoisotopic (exact) mass is 369 g/mol. The third-order valence-corrected chi connectivity index (χ3v) is 5.74. The summed E-state index contributed by atoms with van der Waals surface area (Å²) in [4.78, 5) is 0. The molecule has 0 fully saturated rings. The summed E-state index contributed by atoms with van der Waals surface area (Å²) in [6.07, 6.45) is 3.99. The van der Waals surface area contributed by atoms with Crippen molar-refractivity contribution in [3.8, 4) is 22.4 Å². The van der Waals surface area contributed by atoms with E-state index in [-0.39, 0.29) is 5.02 Å². The van der Waals surface area contributed by atoms with Gasteiger partial charge in [-0.25, -0.2) is 4.39 Å². The maximum absolute atomic E-state index is 13.6. The molecule has 3 nitrogen and oxygen atoms in total. The molecule has 1 aliphatic rings. The summed E-state index contributed by atoms with van der Waals surface area (Å²) in [5.41, 5.74) is 5.17. The molecule has 0 N–H and O–H groups in total. The van der Waals surface area contributed by atoms with Crippen molar-refractivity contribution in [3.63, 3.8) is 0 Å². The topological polar surface area (TPSA) is 30.7 Å². The van der Waals surface area contributed by atoms with E-state index in [0.29, 0.717) is 0 Å². The number of fused-ring (bicyclic) bond motifs is 2. The maximum Gasteiger partial charge on any atom is 0.141 e. The number of rotatable bonds is 2. The molecule has 0 saturated carbocycles. The van der Waals surface area contributed by atoms with Gasteiger partial charge in [0.15, 0.2) is 0 Å². The average molecular weight is 370 g/mol. The zero-order chi connectivity index (χ0) is 17.0. The van der Waals surface area contributed by atoms with Crippen molar-refractivity contribution in [3.05, 3.63) is 59.1 Å². The number of aryl methyl sites for hydroxylation is 1. The molecule has 5 rings (SSSR count). The molecule has 3 heterocycles. The van der Waals surface area contributed by atoms with E-state index in [2.05, 4.69) is 27.3 Å². The average Bonchev–Trinajstić information content (AvgIpc) is 3.31. The zero-order valence-corrected chi connectivity index (χ0v) is 14.7. The van der Waals surface area contributed by atoms with Gasteiger partial charge in [-0.05, 0) is 60.3 Å². The third kappa shape index (κ3) is 2.38. The lowest BCUT2D eigenvalue weighted by atomic mass is 9.97. The lowest BCUT2D eigenvalue weighted by molar-refractivity contribution is 0.628. The maximum atomic E-state index is 13.6. The first-order valence-electron chi connectivity index (χ1n) is 8.10. The van der Waals surface area contributed by atoms with Gasteiger partial charge in [-0.15, -0.1) is 0 Å². The van der Waals surface area contributed by atoms with Crippen molar-refractivity contribution >= 4 is 33.2 Å². The lowest BCUT2D eigenvalue weighted by Gasteiger charge is -2.07. The second-order valence-electron chi connectivity index (χ2n) is 6.20. The number of hydrogen-bond acceptors (Lipinski definition) is 3. The number of halogens is 2. The Morgan fingerprint density at radius 2 is 2.00 bits per heavy atom. The Hall–Kier alpha value is -2.24. The van der Waals surface area contributed by atoms with Gasteiger partial charge in [-0.3, -0.25) is 4.68 Å². The Kier molecular flexibility index (Phi) is 3.40. The first kappa shape index (κ1) is 15.0. The van der Waals surface area contributed by atoms with Crippen LogP contribution in [0.15, 0.2) is 42.6 Å². The van der Waals surface area contributed by atoms with Gasteiger partial charge in [-0.2, -0.15) is 9.47 Å². The van der Waals surface area contributed by atoms with Gasteiger partial charge in [0.25, 0.3) is 0 Å². The predicted molar refractivity (Wildman–Crippen MR) is 99.6 cm³/mol. The van der Waals surface area contributed by atoms with E-state index >= 15 is 0 Å². The molecule has 0 spiro atoms. The molecule has 0 atom stereocenters. The van der Waals surface area contributed by atoms with Crippen molar-refractivity contribution in [1.82, 2.24) is 14.2 Å². The van der Waals surface area contributed by atoms with Crippen LogP contribution in [0.25, 0.3) is 32.5 Å². The summed E-state index contributed by atoms with van der Waals surface area (Å²) in [5, 5.41) is 6.05. The van der Waals surface area contributed by atoms with Gasteiger partial charge in [0, 0.05) is 34.9 Å². The standard InChI is InChI=1S/C19H13ClFN3S/c20-14-9-12(3-5-15(14)21)19-18(16-2-1-7-24(16)23-19)11-4-6-17-13(8-11)10-22-25-17/h3-6,8-10H,1-2,7H2. The zero-order valence-electron chi connectivity index (χ0n) is 13.2. The molecule has 4 aromatic rings. The molecule has 6 heteroatoms. The van der Waals surface area contributed by atoms with Crippen LogP contribution in [0, 0.1) is 5.82 Å². The van der Waals surface area contributed by atoms with Gasteiger partial charge in [0.05, 0.1) is 9.72 Å². The molecule has 2 aromatic carbocycles. The fourth-order valence-electron chi connectivity index (χ4n) is 3.51. The smallest absolute Gasteiger partial charge is 0.141 e. The molecule has 124 valence electrons. The molecule has 25 heavy (non-hydrogen) atoms. The van der Waals surface area contributed by atoms with Crippen molar-refractivity contribution in [2.24, 2.45) is 0 Å². The highest BCUT2D eigenvalue weighted by molar-refractivity contribution is 7.13. The molecular formula is C19H13ClFN3S.